The van der Waals surface area contributed by atoms with Crippen molar-refractivity contribution in [2.24, 2.45) is 0 Å². The van der Waals surface area contributed by atoms with Crippen molar-refractivity contribution in [2.45, 2.75) is 0 Å². The maximum Gasteiger partial charge on any atom is 0.0972 e. The molecule has 0 amide bonds. The Balaban J connectivity index is 1.45. The maximum atomic E-state index is 9.81. The molecule has 2 nitrogen and oxygen atoms in total. The molecular formula is C58H38N2S. The molecule has 0 bridgehead atoms. The van der Waals surface area contributed by atoms with Gasteiger partial charge in [0.1, 0.15) is 0 Å². The molecule has 61 heavy (non-hydrogen) atoms. The van der Waals surface area contributed by atoms with E-state index in [-0.39, 0.29) is 16.0 Å². The summed E-state index contributed by atoms with van der Waals surface area (Å²) < 4.78 is 211. The zero-order chi connectivity index (χ0) is 60.9. The smallest absolute Gasteiger partial charge is 0.0972 e. The lowest BCUT2D eigenvalue weighted by molar-refractivity contribution is 1.37. The number of aromatic nitrogens is 2. The van der Waals surface area contributed by atoms with Crippen LogP contribution in [0.3, 0.4) is 0 Å². The van der Waals surface area contributed by atoms with Gasteiger partial charge in [-0.2, -0.15) is 0 Å². The fraction of sp³-hybridized carbons (Fsp3) is 0. The number of nitrogens with zero attached hydrogens (tertiary/aromatic N) is 2. The first kappa shape index (κ1) is 19.6. The van der Waals surface area contributed by atoms with Crippen LogP contribution in [0.15, 0.2) is 207 Å². The monoisotopic (exact) mass is 817 g/mol. The average Bonchev–Trinajstić information content (AvgIpc) is 1.33. The zero-order valence-electron chi connectivity index (χ0n) is 54.6. The second-order valence-electron chi connectivity index (χ2n) is 13.6. The normalized spacial score (nSPS) is 16.7. The highest BCUT2D eigenvalue weighted by molar-refractivity contribution is 7.20. The molecule has 0 spiro atoms. The number of hydrogen-bond acceptors (Lipinski definition) is 3. The number of thiophene rings is 1. The number of hydrogen-bond donors (Lipinski definition) is 0. The van der Waals surface area contributed by atoms with E-state index in [9.17, 15) is 16.4 Å². The minimum Gasteiger partial charge on any atom is -0.254 e. The topological polar surface area (TPSA) is 25.8 Å². The number of fused-ring (bicyclic) bond motifs is 5. The van der Waals surface area contributed by atoms with Gasteiger partial charge in [0.2, 0.25) is 0 Å². The van der Waals surface area contributed by atoms with Gasteiger partial charge in [-0.3, -0.25) is 4.98 Å². The van der Waals surface area contributed by atoms with Gasteiger partial charge < -0.3 is 0 Å². The van der Waals surface area contributed by atoms with Gasteiger partial charge in [-0.1, -0.05) is 201 Å². The Morgan fingerprint density at radius 3 is 1.48 bits per heavy atom. The van der Waals surface area contributed by atoms with Crippen molar-refractivity contribution < 1.29 is 31.5 Å². The van der Waals surface area contributed by atoms with E-state index in [2.05, 4.69) is 18.1 Å². The van der Waals surface area contributed by atoms with Crippen molar-refractivity contribution in [3.8, 4) is 65.5 Å². The molecule has 3 aromatic heterocycles. The van der Waals surface area contributed by atoms with Gasteiger partial charge in [0.15, 0.2) is 0 Å². The minimum absolute atomic E-state index is 0.0887. The van der Waals surface area contributed by atoms with Gasteiger partial charge in [-0.15, -0.1) is 11.3 Å². The molecule has 0 aliphatic heterocycles. The second-order valence-corrected chi connectivity index (χ2v) is 14.6. The first-order valence-electron chi connectivity index (χ1n) is 30.2. The number of benzene rings is 8. The Morgan fingerprint density at radius 2 is 0.902 bits per heavy atom. The van der Waals surface area contributed by atoms with Crippen molar-refractivity contribution in [1.29, 1.82) is 0 Å². The SMILES string of the molecule is [2H]c1c([2H])c([2H])c(-c2c(-c3ccc(-c4ccc5ccc6cccnc6c5n4)c(C=C)c3C=C)sc(-c3c4c([2H])c([2H])c([2H])c([2H])c4c(-c4c([2H])c([2H])c([2H])c([2H])c4[2H])c4c([2H])c([2H])c([2H])c([2H])c34)c2-c2c([2H])c([2H])c([2H])c([2H])c2[2H])c([2H])c1[2H]. The van der Waals surface area contributed by atoms with Crippen LogP contribution >= 0.6 is 11.3 Å². The summed E-state index contributed by atoms with van der Waals surface area (Å²) in [7, 11) is 0. The minimum atomic E-state index is -0.931. The molecule has 0 saturated carbocycles. The first-order valence-corrected chi connectivity index (χ1v) is 19.5. The van der Waals surface area contributed by atoms with Crippen LogP contribution in [-0.4, -0.2) is 9.97 Å². The van der Waals surface area contributed by atoms with Crippen LogP contribution in [0.25, 0.3) is 121 Å². The molecule has 3 heterocycles. The lowest BCUT2D eigenvalue weighted by Gasteiger charge is -2.18. The van der Waals surface area contributed by atoms with E-state index in [1.54, 1.807) is 30.5 Å². The predicted octanol–water partition coefficient (Wildman–Crippen LogP) is 16.4. The van der Waals surface area contributed by atoms with Gasteiger partial charge in [0.05, 0.1) is 48.3 Å². The fourth-order valence-corrected chi connectivity index (χ4v) is 9.28. The third kappa shape index (κ3) is 6.01. The molecule has 0 radical (unpaired) electrons. The number of rotatable bonds is 8. The van der Waals surface area contributed by atoms with E-state index < -0.39 is 204 Å². The highest BCUT2D eigenvalue weighted by Gasteiger charge is 2.28. The van der Waals surface area contributed by atoms with Crippen molar-refractivity contribution in [3.63, 3.8) is 0 Å². The van der Waals surface area contributed by atoms with Crippen LogP contribution < -0.4 is 0 Å². The Bertz CT molecular complexity index is 4710. The summed E-state index contributed by atoms with van der Waals surface area (Å²) in [4.78, 5) is 9.18. The van der Waals surface area contributed by atoms with E-state index in [4.69, 9.17) is 20.1 Å². The zero-order valence-corrected chi connectivity index (χ0v) is 32.4. The van der Waals surface area contributed by atoms with Crippen LogP contribution in [-0.2, 0) is 0 Å². The quantitative estimate of drug-likeness (QED) is 0.113. The van der Waals surface area contributed by atoms with E-state index in [0.29, 0.717) is 39.2 Å². The van der Waals surface area contributed by atoms with Crippen molar-refractivity contribution in [1.82, 2.24) is 9.97 Å². The summed E-state index contributed by atoms with van der Waals surface area (Å²) in [6.07, 6.45) is 4.58. The Kier molecular flexibility index (Phi) is 4.86. The van der Waals surface area contributed by atoms with Crippen LogP contribution in [0.1, 0.15) is 42.7 Å². The predicted molar refractivity (Wildman–Crippen MR) is 263 cm³/mol. The Morgan fingerprint density at radius 1 is 0.443 bits per heavy atom. The summed E-state index contributed by atoms with van der Waals surface area (Å²) in [5.74, 6) is 0. The van der Waals surface area contributed by atoms with Crippen LogP contribution in [0.2, 0.25) is 0 Å². The molecule has 0 saturated heterocycles. The average molecular weight is 818 g/mol. The maximum absolute atomic E-state index is 9.81. The highest BCUT2D eigenvalue weighted by Crippen LogP contribution is 2.56. The van der Waals surface area contributed by atoms with Crippen LogP contribution in [0.4, 0.5) is 0 Å². The van der Waals surface area contributed by atoms with Gasteiger partial charge in [-0.05, 0) is 67.1 Å². The molecule has 0 aliphatic rings. The van der Waals surface area contributed by atoms with E-state index in [0.717, 1.165) is 10.8 Å². The summed E-state index contributed by atoms with van der Waals surface area (Å²) in [5, 5.41) is -0.880. The molecule has 0 unspecified atom stereocenters. The summed E-state index contributed by atoms with van der Waals surface area (Å²) >= 11 is 0.654. The van der Waals surface area contributed by atoms with Gasteiger partial charge in [0.25, 0.3) is 0 Å². The third-order valence-corrected chi connectivity index (χ3v) is 11.6. The molecule has 8 aromatic carbocycles. The largest absolute Gasteiger partial charge is 0.254 e. The van der Waals surface area contributed by atoms with Gasteiger partial charge in [-0.25, -0.2) is 4.98 Å². The lowest BCUT2D eigenvalue weighted by Crippen LogP contribution is -1.95. The van der Waals surface area contributed by atoms with Gasteiger partial charge in [0, 0.05) is 54.5 Å². The molecular weight excluding hydrogens is 757 g/mol. The fourth-order valence-electron chi connectivity index (χ4n) is 7.87. The second kappa shape index (κ2) is 15.1. The van der Waals surface area contributed by atoms with E-state index in [1.165, 1.54) is 12.2 Å². The van der Waals surface area contributed by atoms with E-state index in [1.807, 2.05) is 24.3 Å². The molecule has 0 N–H and O–H groups in total. The van der Waals surface area contributed by atoms with E-state index >= 15 is 0 Å². The molecule has 11 rings (SSSR count). The van der Waals surface area contributed by atoms with Crippen LogP contribution in [0, 0.1) is 0 Å². The number of pyridine rings is 2. The Hall–Kier alpha value is -7.72. The molecule has 0 fully saturated rings. The third-order valence-electron chi connectivity index (χ3n) is 10.4. The van der Waals surface area contributed by atoms with Crippen molar-refractivity contribution in [2.75, 3.05) is 0 Å². The van der Waals surface area contributed by atoms with Crippen molar-refractivity contribution >= 4 is 66.8 Å². The van der Waals surface area contributed by atoms with Crippen molar-refractivity contribution in [3.05, 3.63) is 218 Å². The highest BCUT2D eigenvalue weighted by atomic mass is 32.1. The Labute approximate surface area is 391 Å². The molecule has 0 aliphatic carbocycles. The molecule has 3 heteroatoms. The summed E-state index contributed by atoms with van der Waals surface area (Å²) in [5.41, 5.74) is -1.19. The molecule has 286 valence electrons. The van der Waals surface area contributed by atoms with Gasteiger partial charge >= 0.3 is 0 Å². The van der Waals surface area contributed by atoms with Crippen LogP contribution in [0.5, 0.6) is 0 Å². The molecule has 0 atom stereocenters. The summed E-state index contributed by atoms with van der Waals surface area (Å²) in [6, 6.07) is -6.29. The lowest BCUT2D eigenvalue weighted by atomic mass is 9.84. The standard InChI is InChI=1S/C58H38N2S/c1-3-42-43(4-2)49(34-33-44(42)50-35-32-41-31-30-40-25-18-36-59-55(40)56(41)60-50)57-52(38-21-10-6-11-22-38)53(39-23-12-7-13-24-39)58(61-57)54-47-28-16-14-26-45(47)51(37-19-8-5-9-20-37)46-27-15-17-29-48(46)54/h3-36H,1-2H2/i5D,6D,7D,8D,9D,10D,11D,12D,13D,14D,15D,16D,17D,19D,20D,21D,22D,23D,24D,26D,27D,28D,29D. The first-order chi connectivity index (χ1) is 39.7. The molecule has 11 aromatic rings. The summed E-state index contributed by atoms with van der Waals surface area (Å²) in [6.45, 7) is 8.32.